The van der Waals surface area contributed by atoms with Crippen molar-refractivity contribution in [2.24, 2.45) is 0 Å². The topological polar surface area (TPSA) is 82.9 Å². The van der Waals surface area contributed by atoms with Crippen molar-refractivity contribution < 1.29 is 8.42 Å². The summed E-state index contributed by atoms with van der Waals surface area (Å²) in [7, 11) is -3.67. The first-order valence-electron chi connectivity index (χ1n) is 5.89. The van der Waals surface area contributed by atoms with Crippen LogP contribution in [0.4, 0.5) is 5.69 Å². The maximum Gasteiger partial charge on any atom is 0.261 e. The van der Waals surface area contributed by atoms with Crippen molar-refractivity contribution in [3.05, 3.63) is 53.3 Å². The Morgan fingerprint density at radius 1 is 1.10 bits per heavy atom. The second-order valence-corrected chi connectivity index (χ2v) is 6.01. The summed E-state index contributed by atoms with van der Waals surface area (Å²) in [6.07, 6.45) is 0. The molecule has 0 atom stereocenters. The van der Waals surface area contributed by atoms with Gasteiger partial charge in [0, 0.05) is 5.69 Å². The van der Waals surface area contributed by atoms with Crippen LogP contribution in [0.2, 0.25) is 0 Å². The minimum Gasteiger partial charge on any atom is -0.278 e. The minimum atomic E-state index is -3.67. The molecule has 0 unspecified atom stereocenters. The van der Waals surface area contributed by atoms with Gasteiger partial charge in [0.1, 0.15) is 0 Å². The van der Waals surface area contributed by atoms with Crippen LogP contribution in [-0.2, 0) is 10.0 Å². The Labute approximate surface area is 118 Å². The lowest BCUT2D eigenvalue weighted by atomic mass is 10.2. The summed E-state index contributed by atoms with van der Waals surface area (Å²) in [5.41, 5.74) is 2.29. The lowest BCUT2D eigenvalue weighted by Crippen LogP contribution is -2.14. The molecule has 0 saturated carbocycles. The summed E-state index contributed by atoms with van der Waals surface area (Å²) in [6.45, 7) is 3.58. The van der Waals surface area contributed by atoms with Gasteiger partial charge >= 0.3 is 0 Å². The molecule has 1 heterocycles. The van der Waals surface area contributed by atoms with E-state index < -0.39 is 10.0 Å². The standard InChI is InChI=1S/C14H13N3O2S/c1-10-3-8-14(11(2)16-10)17-20(18,19)13-6-4-12(9-15)5-7-13/h3-8,17H,1-2H3. The van der Waals surface area contributed by atoms with E-state index in [9.17, 15) is 8.42 Å². The predicted molar refractivity (Wildman–Crippen MR) is 75.7 cm³/mol. The minimum absolute atomic E-state index is 0.108. The van der Waals surface area contributed by atoms with E-state index in [1.54, 1.807) is 19.1 Å². The molecule has 0 saturated heterocycles. The molecule has 2 aromatic rings. The van der Waals surface area contributed by atoms with Crippen molar-refractivity contribution in [1.82, 2.24) is 4.98 Å². The first-order valence-corrected chi connectivity index (χ1v) is 7.38. The van der Waals surface area contributed by atoms with Crippen molar-refractivity contribution in [2.45, 2.75) is 18.7 Å². The summed E-state index contributed by atoms with van der Waals surface area (Å²) >= 11 is 0. The number of aryl methyl sites for hydroxylation is 2. The van der Waals surface area contributed by atoms with Crippen molar-refractivity contribution in [3.8, 4) is 6.07 Å². The molecule has 0 fully saturated rings. The highest BCUT2D eigenvalue weighted by atomic mass is 32.2. The number of pyridine rings is 1. The number of hydrogen-bond donors (Lipinski definition) is 1. The van der Waals surface area contributed by atoms with E-state index in [4.69, 9.17) is 5.26 Å². The molecule has 0 radical (unpaired) electrons. The van der Waals surface area contributed by atoms with Crippen molar-refractivity contribution in [3.63, 3.8) is 0 Å². The number of aromatic nitrogens is 1. The van der Waals surface area contributed by atoms with E-state index in [0.29, 0.717) is 16.9 Å². The monoisotopic (exact) mass is 287 g/mol. The van der Waals surface area contributed by atoms with Gasteiger partial charge in [0.05, 0.1) is 27.9 Å². The highest BCUT2D eigenvalue weighted by Crippen LogP contribution is 2.19. The Kier molecular flexibility index (Phi) is 3.72. The molecule has 0 aliphatic heterocycles. The van der Waals surface area contributed by atoms with Crippen LogP contribution in [0.3, 0.4) is 0 Å². The summed E-state index contributed by atoms with van der Waals surface area (Å²) in [5, 5.41) is 8.71. The highest BCUT2D eigenvalue weighted by molar-refractivity contribution is 7.92. The van der Waals surface area contributed by atoms with Gasteiger partial charge in [-0.05, 0) is 50.2 Å². The molecule has 0 aliphatic rings. The van der Waals surface area contributed by atoms with E-state index in [1.165, 1.54) is 24.3 Å². The third-order valence-electron chi connectivity index (χ3n) is 2.76. The Morgan fingerprint density at radius 2 is 1.75 bits per heavy atom. The zero-order valence-corrected chi connectivity index (χ0v) is 11.9. The number of nitriles is 1. The normalized spacial score (nSPS) is 10.8. The molecule has 2 rings (SSSR count). The molecule has 0 aliphatic carbocycles. The van der Waals surface area contributed by atoms with Crippen molar-refractivity contribution in [1.29, 1.82) is 5.26 Å². The number of rotatable bonds is 3. The summed E-state index contributed by atoms with van der Waals surface area (Å²) < 4.78 is 26.9. The Bertz CT molecular complexity index is 775. The number of benzene rings is 1. The van der Waals surface area contributed by atoms with Crippen molar-refractivity contribution in [2.75, 3.05) is 4.72 Å². The fourth-order valence-electron chi connectivity index (χ4n) is 1.71. The number of sulfonamides is 1. The molecule has 0 spiro atoms. The number of hydrogen-bond acceptors (Lipinski definition) is 4. The predicted octanol–water partition coefficient (Wildman–Crippen LogP) is 2.37. The Morgan fingerprint density at radius 3 is 2.30 bits per heavy atom. The number of nitrogens with zero attached hydrogens (tertiary/aromatic N) is 2. The number of nitrogens with one attached hydrogen (secondary N) is 1. The van der Waals surface area contributed by atoms with Gasteiger partial charge in [-0.25, -0.2) is 8.42 Å². The van der Waals surface area contributed by atoms with Gasteiger partial charge in [-0.1, -0.05) is 0 Å². The first kappa shape index (κ1) is 14.0. The number of anilines is 1. The van der Waals surface area contributed by atoms with E-state index in [1.807, 2.05) is 13.0 Å². The fraction of sp³-hybridized carbons (Fsp3) is 0.143. The summed E-state index contributed by atoms with van der Waals surface area (Å²) in [6, 6.07) is 11.1. The maximum absolute atomic E-state index is 12.2. The molecule has 5 nitrogen and oxygen atoms in total. The molecular formula is C14H13N3O2S. The smallest absolute Gasteiger partial charge is 0.261 e. The van der Waals surface area contributed by atoms with Gasteiger partial charge in [-0.2, -0.15) is 5.26 Å². The average molecular weight is 287 g/mol. The Balaban J connectivity index is 2.33. The molecule has 20 heavy (non-hydrogen) atoms. The van der Waals surface area contributed by atoms with E-state index in [0.717, 1.165) is 5.69 Å². The zero-order valence-electron chi connectivity index (χ0n) is 11.1. The molecule has 6 heteroatoms. The van der Waals surface area contributed by atoms with E-state index in [-0.39, 0.29) is 4.90 Å². The second kappa shape index (κ2) is 5.31. The largest absolute Gasteiger partial charge is 0.278 e. The third kappa shape index (κ3) is 2.95. The molecule has 102 valence electrons. The van der Waals surface area contributed by atoms with Crippen molar-refractivity contribution >= 4 is 15.7 Å². The average Bonchev–Trinajstić information content (AvgIpc) is 2.42. The zero-order chi connectivity index (χ0) is 14.8. The van der Waals surface area contributed by atoms with E-state index >= 15 is 0 Å². The van der Waals surface area contributed by atoms with Crippen LogP contribution in [0.25, 0.3) is 0 Å². The van der Waals surface area contributed by atoms with Crippen LogP contribution in [0, 0.1) is 25.2 Å². The first-order chi connectivity index (χ1) is 9.42. The van der Waals surface area contributed by atoms with Crippen LogP contribution in [-0.4, -0.2) is 13.4 Å². The lowest BCUT2D eigenvalue weighted by molar-refractivity contribution is 0.601. The summed E-state index contributed by atoms with van der Waals surface area (Å²) in [5.74, 6) is 0. The molecular weight excluding hydrogens is 274 g/mol. The molecule has 0 amide bonds. The van der Waals surface area contributed by atoms with Crippen LogP contribution in [0.1, 0.15) is 17.0 Å². The molecule has 1 N–H and O–H groups in total. The van der Waals surface area contributed by atoms with Gasteiger partial charge in [0.2, 0.25) is 0 Å². The van der Waals surface area contributed by atoms with Crippen LogP contribution in [0.15, 0.2) is 41.3 Å². The molecule has 1 aromatic heterocycles. The lowest BCUT2D eigenvalue weighted by Gasteiger charge is -2.10. The maximum atomic E-state index is 12.2. The summed E-state index contributed by atoms with van der Waals surface area (Å²) in [4.78, 5) is 4.32. The fourth-order valence-corrected chi connectivity index (χ4v) is 2.82. The second-order valence-electron chi connectivity index (χ2n) is 4.33. The van der Waals surface area contributed by atoms with Gasteiger partial charge < -0.3 is 0 Å². The molecule has 0 bridgehead atoms. The van der Waals surface area contributed by atoms with E-state index in [2.05, 4.69) is 9.71 Å². The van der Waals surface area contributed by atoms with Gasteiger partial charge in [0.25, 0.3) is 10.0 Å². The van der Waals surface area contributed by atoms with Crippen LogP contribution < -0.4 is 4.72 Å². The third-order valence-corrected chi connectivity index (χ3v) is 4.14. The van der Waals surface area contributed by atoms with Gasteiger partial charge in [-0.15, -0.1) is 0 Å². The quantitative estimate of drug-likeness (QED) is 0.939. The van der Waals surface area contributed by atoms with Crippen LogP contribution in [0.5, 0.6) is 0 Å². The molecule has 1 aromatic carbocycles. The van der Waals surface area contributed by atoms with Gasteiger partial charge in [0.15, 0.2) is 0 Å². The van der Waals surface area contributed by atoms with Gasteiger partial charge in [-0.3, -0.25) is 9.71 Å². The highest BCUT2D eigenvalue weighted by Gasteiger charge is 2.15. The van der Waals surface area contributed by atoms with Crippen LogP contribution >= 0.6 is 0 Å². The Hall–Kier alpha value is -2.39. The SMILES string of the molecule is Cc1ccc(NS(=O)(=O)c2ccc(C#N)cc2)c(C)n1.